The minimum atomic E-state index is 0.135. The zero-order chi connectivity index (χ0) is 16.0. The van der Waals surface area contributed by atoms with Crippen LogP contribution in [0.2, 0.25) is 0 Å². The van der Waals surface area contributed by atoms with Crippen LogP contribution in [0.1, 0.15) is 45.2 Å². The van der Waals surface area contributed by atoms with E-state index in [4.69, 9.17) is 4.74 Å². The molecule has 0 fully saturated rings. The third-order valence-corrected chi connectivity index (χ3v) is 3.86. The maximum Gasteiger partial charge on any atom is 0.220 e. The number of carbonyl (C=O) groups is 1. The number of methoxy groups -OCH3 is 1. The summed E-state index contributed by atoms with van der Waals surface area (Å²) in [5.41, 5.74) is 2.28. The van der Waals surface area contributed by atoms with Gasteiger partial charge in [0.2, 0.25) is 5.91 Å². The molecule has 0 unspecified atom stereocenters. The van der Waals surface area contributed by atoms with Crippen molar-refractivity contribution < 1.29 is 9.53 Å². The van der Waals surface area contributed by atoms with Crippen molar-refractivity contribution in [3.63, 3.8) is 0 Å². The molecule has 0 aromatic heterocycles. The molecule has 0 heterocycles. The number of amides is 1. The number of carbonyl (C=O) groups excluding carboxylic acids is 1. The summed E-state index contributed by atoms with van der Waals surface area (Å²) >= 11 is 0. The van der Waals surface area contributed by atoms with Crippen LogP contribution in [0, 0.1) is 18.8 Å². The van der Waals surface area contributed by atoms with E-state index < -0.39 is 0 Å². The first-order valence-electron chi connectivity index (χ1n) is 7.78. The first-order valence-corrected chi connectivity index (χ1v) is 7.78. The topological polar surface area (TPSA) is 38.3 Å². The molecule has 1 amide bonds. The lowest BCUT2D eigenvalue weighted by molar-refractivity contribution is -0.122. The van der Waals surface area contributed by atoms with Gasteiger partial charge in [-0.1, -0.05) is 39.8 Å². The number of benzene rings is 1. The molecule has 0 atom stereocenters. The zero-order valence-electron chi connectivity index (χ0n) is 14.2. The Kier molecular flexibility index (Phi) is 6.73. The Balaban J connectivity index is 2.55. The molecule has 0 spiro atoms. The Morgan fingerprint density at radius 2 is 1.81 bits per heavy atom. The molecule has 0 aliphatic rings. The summed E-state index contributed by atoms with van der Waals surface area (Å²) in [4.78, 5) is 12.1. The van der Waals surface area contributed by atoms with Gasteiger partial charge in [0.25, 0.3) is 0 Å². The molecule has 0 aliphatic heterocycles. The maximum absolute atomic E-state index is 12.1. The van der Waals surface area contributed by atoms with E-state index in [9.17, 15) is 4.79 Å². The van der Waals surface area contributed by atoms with Gasteiger partial charge in [0.1, 0.15) is 5.75 Å². The van der Waals surface area contributed by atoms with Gasteiger partial charge in [0, 0.05) is 12.5 Å². The van der Waals surface area contributed by atoms with Gasteiger partial charge >= 0.3 is 0 Å². The third kappa shape index (κ3) is 5.41. The monoisotopic (exact) mass is 291 g/mol. The van der Waals surface area contributed by atoms with Gasteiger partial charge in [0.15, 0.2) is 0 Å². The Labute approximate surface area is 129 Å². The fourth-order valence-electron chi connectivity index (χ4n) is 2.72. The summed E-state index contributed by atoms with van der Waals surface area (Å²) in [6, 6.07) is 6.33. The fourth-order valence-corrected chi connectivity index (χ4v) is 2.72. The minimum Gasteiger partial charge on any atom is -0.496 e. The lowest BCUT2D eigenvalue weighted by Gasteiger charge is -2.26. The molecule has 1 N–H and O–H groups in total. The first-order chi connectivity index (χ1) is 9.85. The maximum atomic E-state index is 12.1. The molecule has 21 heavy (non-hydrogen) atoms. The molecule has 1 aromatic carbocycles. The molecular formula is C18H29NO2. The summed E-state index contributed by atoms with van der Waals surface area (Å²) in [7, 11) is 1.67. The largest absolute Gasteiger partial charge is 0.496 e. The average Bonchev–Trinajstić information content (AvgIpc) is 2.42. The van der Waals surface area contributed by atoms with E-state index in [2.05, 4.69) is 39.1 Å². The van der Waals surface area contributed by atoms with Crippen LogP contribution in [0.25, 0.3) is 0 Å². The van der Waals surface area contributed by atoms with Gasteiger partial charge in [-0.05, 0) is 42.4 Å². The van der Waals surface area contributed by atoms with Crippen molar-refractivity contribution in [3.8, 4) is 5.75 Å². The van der Waals surface area contributed by atoms with Gasteiger partial charge in [-0.2, -0.15) is 0 Å². The molecule has 0 saturated heterocycles. The standard InChI is InChI=1S/C18H29NO2/c1-12(2)18(13(3)4)19-17(20)10-8-15-7-9-16(21-6)14(5)11-15/h7,9,11-13,18H,8,10H2,1-6H3,(H,19,20). The predicted octanol–water partition coefficient (Wildman–Crippen LogP) is 3.73. The van der Waals surface area contributed by atoms with Crippen molar-refractivity contribution >= 4 is 5.91 Å². The number of nitrogens with one attached hydrogen (secondary N) is 1. The van der Waals surface area contributed by atoms with Crippen molar-refractivity contribution in [3.05, 3.63) is 29.3 Å². The summed E-state index contributed by atoms with van der Waals surface area (Å²) in [6.07, 6.45) is 1.29. The first kappa shape index (κ1) is 17.5. The second-order valence-corrected chi connectivity index (χ2v) is 6.39. The van der Waals surface area contributed by atoms with Crippen LogP contribution in [0.3, 0.4) is 0 Å². The summed E-state index contributed by atoms with van der Waals surface area (Å²) < 4.78 is 5.25. The summed E-state index contributed by atoms with van der Waals surface area (Å²) in [5, 5.41) is 3.16. The molecule has 3 nitrogen and oxygen atoms in total. The van der Waals surface area contributed by atoms with Crippen LogP contribution in [-0.2, 0) is 11.2 Å². The molecule has 0 bridgehead atoms. The molecular weight excluding hydrogens is 262 g/mol. The Morgan fingerprint density at radius 1 is 1.19 bits per heavy atom. The number of hydrogen-bond acceptors (Lipinski definition) is 2. The summed E-state index contributed by atoms with van der Waals surface area (Å²) in [5.74, 6) is 1.94. The number of hydrogen-bond donors (Lipinski definition) is 1. The van der Waals surface area contributed by atoms with Crippen LogP contribution >= 0.6 is 0 Å². The van der Waals surface area contributed by atoms with Gasteiger partial charge in [-0.15, -0.1) is 0 Å². The van der Waals surface area contributed by atoms with E-state index in [1.807, 2.05) is 19.1 Å². The average molecular weight is 291 g/mol. The van der Waals surface area contributed by atoms with Crippen molar-refractivity contribution in [1.29, 1.82) is 0 Å². The second-order valence-electron chi connectivity index (χ2n) is 6.39. The third-order valence-electron chi connectivity index (χ3n) is 3.86. The lowest BCUT2D eigenvalue weighted by Crippen LogP contribution is -2.42. The highest BCUT2D eigenvalue weighted by Gasteiger charge is 2.19. The fraction of sp³-hybridized carbons (Fsp3) is 0.611. The van der Waals surface area contributed by atoms with Gasteiger partial charge < -0.3 is 10.1 Å². The molecule has 1 rings (SSSR count). The van der Waals surface area contributed by atoms with Crippen LogP contribution in [-0.4, -0.2) is 19.1 Å². The highest BCUT2D eigenvalue weighted by molar-refractivity contribution is 5.76. The van der Waals surface area contributed by atoms with E-state index >= 15 is 0 Å². The normalized spacial score (nSPS) is 11.3. The van der Waals surface area contributed by atoms with Gasteiger partial charge in [-0.3, -0.25) is 4.79 Å². The summed E-state index contributed by atoms with van der Waals surface area (Å²) in [6.45, 7) is 10.6. The lowest BCUT2D eigenvalue weighted by atomic mass is 9.93. The molecule has 0 radical (unpaired) electrons. The van der Waals surface area contributed by atoms with Crippen LogP contribution in [0.15, 0.2) is 18.2 Å². The molecule has 1 aromatic rings. The number of rotatable bonds is 7. The van der Waals surface area contributed by atoms with E-state index in [-0.39, 0.29) is 11.9 Å². The Bertz CT molecular complexity index is 458. The number of aryl methyl sites for hydroxylation is 2. The Hall–Kier alpha value is -1.51. The van der Waals surface area contributed by atoms with E-state index in [0.29, 0.717) is 18.3 Å². The van der Waals surface area contributed by atoms with Gasteiger partial charge in [0.05, 0.1) is 7.11 Å². The Morgan fingerprint density at radius 3 is 2.29 bits per heavy atom. The van der Waals surface area contributed by atoms with E-state index in [1.54, 1.807) is 7.11 Å². The molecule has 0 aliphatic carbocycles. The van der Waals surface area contributed by atoms with Gasteiger partial charge in [-0.25, -0.2) is 0 Å². The van der Waals surface area contributed by atoms with Crippen molar-refractivity contribution in [2.75, 3.05) is 7.11 Å². The van der Waals surface area contributed by atoms with E-state index in [0.717, 1.165) is 17.7 Å². The minimum absolute atomic E-state index is 0.135. The highest BCUT2D eigenvalue weighted by atomic mass is 16.5. The van der Waals surface area contributed by atoms with Crippen molar-refractivity contribution in [2.24, 2.45) is 11.8 Å². The van der Waals surface area contributed by atoms with Crippen LogP contribution < -0.4 is 10.1 Å². The molecule has 118 valence electrons. The molecule has 3 heteroatoms. The second kappa shape index (κ2) is 8.06. The van der Waals surface area contributed by atoms with Crippen molar-refractivity contribution in [2.45, 2.75) is 53.5 Å². The van der Waals surface area contributed by atoms with Crippen LogP contribution in [0.4, 0.5) is 0 Å². The smallest absolute Gasteiger partial charge is 0.220 e. The van der Waals surface area contributed by atoms with Crippen LogP contribution in [0.5, 0.6) is 5.75 Å². The van der Waals surface area contributed by atoms with E-state index in [1.165, 1.54) is 5.56 Å². The molecule has 0 saturated carbocycles. The number of ether oxygens (including phenoxy) is 1. The van der Waals surface area contributed by atoms with Crippen molar-refractivity contribution in [1.82, 2.24) is 5.32 Å². The predicted molar refractivity (Wildman–Crippen MR) is 87.7 cm³/mol. The zero-order valence-corrected chi connectivity index (χ0v) is 14.2. The SMILES string of the molecule is COc1ccc(CCC(=O)NC(C(C)C)C(C)C)cc1C. The highest BCUT2D eigenvalue weighted by Crippen LogP contribution is 2.19. The quantitative estimate of drug-likeness (QED) is 0.831.